The average Bonchev–Trinajstić information content (AvgIpc) is 2.75. The van der Waals surface area contributed by atoms with Crippen molar-refractivity contribution >= 4 is 17.7 Å². The number of carbonyl (C=O) groups excluding carboxylic acids is 2. The minimum Gasteiger partial charge on any atom is -0.478 e. The number of nitrogens with one attached hydrogen (secondary N) is 1. The van der Waals surface area contributed by atoms with E-state index >= 15 is 0 Å². The summed E-state index contributed by atoms with van der Waals surface area (Å²) in [5, 5.41) is 11.4. The molecule has 0 aromatic rings. The third kappa shape index (κ3) is 19.8. The van der Waals surface area contributed by atoms with Crippen molar-refractivity contribution in [2.24, 2.45) is 0 Å². The van der Waals surface area contributed by atoms with Gasteiger partial charge in [0.2, 0.25) is 5.78 Å². The van der Waals surface area contributed by atoms with Crippen LogP contribution in [0, 0.1) is 0 Å². The van der Waals surface area contributed by atoms with Gasteiger partial charge in [0.15, 0.2) is 0 Å². The molecule has 0 saturated carbocycles. The summed E-state index contributed by atoms with van der Waals surface area (Å²) >= 11 is 0. The van der Waals surface area contributed by atoms with E-state index in [9.17, 15) is 14.4 Å². The van der Waals surface area contributed by atoms with Gasteiger partial charge in [-0.25, -0.2) is 4.79 Å². The molecule has 0 unspecified atom stereocenters. The van der Waals surface area contributed by atoms with Crippen molar-refractivity contribution in [1.29, 1.82) is 0 Å². The van der Waals surface area contributed by atoms with E-state index in [1.54, 1.807) is 12.2 Å². The highest BCUT2D eigenvalue weighted by molar-refractivity contribution is 6.36. The van der Waals surface area contributed by atoms with Crippen LogP contribution in [0.5, 0.6) is 0 Å². The van der Waals surface area contributed by atoms with Gasteiger partial charge in [-0.3, -0.25) is 9.59 Å². The Balaban J connectivity index is 3.94. The normalized spacial score (nSPS) is 12.5. The molecule has 31 heavy (non-hydrogen) atoms. The molecule has 2 N–H and O–H groups in total. The first-order valence-electron chi connectivity index (χ1n) is 12.4. The smallest absolute Gasteiger partial charge is 0.328 e. The van der Waals surface area contributed by atoms with Crippen LogP contribution in [0.3, 0.4) is 0 Å². The predicted molar refractivity (Wildman–Crippen MR) is 128 cm³/mol. The first-order valence-corrected chi connectivity index (χ1v) is 12.4. The Kier molecular flexibility index (Phi) is 20.0. The number of Topliss-reactive ketones (excluding diaryl/α,β-unsaturated/α-hetero) is 1. The van der Waals surface area contributed by atoms with Crippen molar-refractivity contribution in [3.63, 3.8) is 0 Å². The molecule has 0 aliphatic heterocycles. The van der Waals surface area contributed by atoms with Crippen LogP contribution in [0.1, 0.15) is 117 Å². The zero-order valence-electron chi connectivity index (χ0n) is 19.9. The van der Waals surface area contributed by atoms with Crippen LogP contribution in [-0.4, -0.2) is 28.8 Å². The van der Waals surface area contributed by atoms with Crippen molar-refractivity contribution in [2.45, 2.75) is 123 Å². The zero-order chi connectivity index (χ0) is 23.2. The Morgan fingerprint density at radius 2 is 1.26 bits per heavy atom. The van der Waals surface area contributed by atoms with Crippen LogP contribution >= 0.6 is 0 Å². The third-order valence-electron chi connectivity index (χ3n) is 5.39. The van der Waals surface area contributed by atoms with Gasteiger partial charge in [0.25, 0.3) is 5.91 Å². The summed E-state index contributed by atoms with van der Waals surface area (Å²) < 4.78 is 0. The summed E-state index contributed by atoms with van der Waals surface area (Å²) in [5.41, 5.74) is 0. The summed E-state index contributed by atoms with van der Waals surface area (Å²) in [6, 6.07) is -0.253. The lowest BCUT2D eigenvalue weighted by molar-refractivity contribution is -0.138. The molecule has 178 valence electrons. The lowest BCUT2D eigenvalue weighted by Gasteiger charge is -2.14. The van der Waals surface area contributed by atoms with Crippen LogP contribution in [0.25, 0.3) is 0 Å². The maximum Gasteiger partial charge on any atom is 0.328 e. The molecule has 0 aromatic carbocycles. The minimum atomic E-state index is -1.02. The van der Waals surface area contributed by atoms with E-state index in [1.165, 1.54) is 63.9 Å². The van der Waals surface area contributed by atoms with Crippen LogP contribution in [-0.2, 0) is 14.4 Å². The Morgan fingerprint density at radius 1 is 0.742 bits per heavy atom. The standard InChI is InChI=1S/C26H45NO4/c1-3-5-7-8-9-10-11-12-13-14-15-16-21-24(28)26(31)27-23(19-6-4-2)20-17-18-22-25(29)30/h17-18,20,22-23H,3-16,19,21H2,1-2H3,(H,27,31)(H,29,30)/b20-17+,22-18+/t23-/m0/s1. The van der Waals surface area contributed by atoms with Crippen LogP contribution in [0.15, 0.2) is 24.3 Å². The second-order valence-corrected chi connectivity index (χ2v) is 8.37. The number of carboxylic acid groups (broad SMARTS) is 1. The lowest BCUT2D eigenvalue weighted by Crippen LogP contribution is -2.38. The maximum atomic E-state index is 12.2. The van der Waals surface area contributed by atoms with E-state index in [-0.39, 0.29) is 11.8 Å². The second kappa shape index (κ2) is 21.3. The minimum absolute atomic E-state index is 0.253. The summed E-state index contributed by atoms with van der Waals surface area (Å²) in [4.78, 5) is 34.8. The fraction of sp³-hybridized carbons (Fsp3) is 0.731. The van der Waals surface area contributed by atoms with E-state index in [2.05, 4.69) is 19.2 Å². The molecule has 0 fully saturated rings. The number of carbonyl (C=O) groups is 3. The highest BCUT2D eigenvalue weighted by Crippen LogP contribution is 2.12. The van der Waals surface area contributed by atoms with Crippen molar-refractivity contribution in [1.82, 2.24) is 5.32 Å². The molecular formula is C26H45NO4. The quantitative estimate of drug-likeness (QED) is 0.0930. The van der Waals surface area contributed by atoms with E-state index in [4.69, 9.17) is 5.11 Å². The Labute approximate surface area is 189 Å². The van der Waals surface area contributed by atoms with E-state index < -0.39 is 11.9 Å². The monoisotopic (exact) mass is 435 g/mol. The number of hydrogen-bond acceptors (Lipinski definition) is 3. The maximum absolute atomic E-state index is 12.2. The van der Waals surface area contributed by atoms with E-state index in [1.807, 2.05) is 0 Å². The number of amides is 1. The molecule has 0 aliphatic carbocycles. The van der Waals surface area contributed by atoms with Crippen molar-refractivity contribution in [3.05, 3.63) is 24.3 Å². The number of hydrogen-bond donors (Lipinski definition) is 2. The van der Waals surface area contributed by atoms with Crippen molar-refractivity contribution < 1.29 is 19.5 Å². The van der Waals surface area contributed by atoms with Gasteiger partial charge < -0.3 is 10.4 Å². The van der Waals surface area contributed by atoms with E-state index in [0.717, 1.165) is 44.6 Å². The summed E-state index contributed by atoms with van der Waals surface area (Å²) in [5.74, 6) is -1.91. The molecule has 0 spiro atoms. The molecule has 0 saturated heterocycles. The fourth-order valence-electron chi connectivity index (χ4n) is 3.47. The summed E-state index contributed by atoms with van der Waals surface area (Å²) in [6.07, 6.45) is 23.5. The molecule has 0 heterocycles. The second-order valence-electron chi connectivity index (χ2n) is 8.37. The van der Waals surface area contributed by atoms with Gasteiger partial charge in [-0.15, -0.1) is 0 Å². The third-order valence-corrected chi connectivity index (χ3v) is 5.39. The largest absolute Gasteiger partial charge is 0.478 e. The molecule has 1 amide bonds. The van der Waals surface area contributed by atoms with Gasteiger partial charge in [-0.1, -0.05) is 116 Å². The van der Waals surface area contributed by atoms with Crippen LogP contribution < -0.4 is 5.32 Å². The van der Waals surface area contributed by atoms with Gasteiger partial charge in [0.05, 0.1) is 0 Å². The lowest BCUT2D eigenvalue weighted by atomic mass is 10.0. The molecule has 5 heteroatoms. The van der Waals surface area contributed by atoms with E-state index in [0.29, 0.717) is 6.42 Å². The topological polar surface area (TPSA) is 83.5 Å². The molecule has 0 rings (SSSR count). The molecule has 5 nitrogen and oxygen atoms in total. The summed E-state index contributed by atoms with van der Waals surface area (Å²) in [7, 11) is 0. The van der Waals surface area contributed by atoms with Crippen LogP contribution in [0.2, 0.25) is 0 Å². The number of carboxylic acids is 1. The van der Waals surface area contributed by atoms with Gasteiger partial charge in [0.1, 0.15) is 0 Å². The predicted octanol–water partition coefficient (Wildman–Crippen LogP) is 6.52. The molecule has 1 atom stereocenters. The van der Waals surface area contributed by atoms with Gasteiger partial charge in [-0.05, 0) is 12.8 Å². The highest BCUT2D eigenvalue weighted by atomic mass is 16.4. The highest BCUT2D eigenvalue weighted by Gasteiger charge is 2.16. The Hall–Kier alpha value is -1.91. The molecular weight excluding hydrogens is 390 g/mol. The SMILES string of the molecule is CCCCCCCCCCCCCCC(=O)C(=O)N[C@H](/C=C/C=C/C(=O)O)CCCC. The molecule has 0 aromatic heterocycles. The molecule has 0 radical (unpaired) electrons. The number of allylic oxidation sites excluding steroid dienone is 2. The van der Waals surface area contributed by atoms with Crippen molar-refractivity contribution in [2.75, 3.05) is 0 Å². The summed E-state index contributed by atoms with van der Waals surface area (Å²) in [6.45, 7) is 4.30. The van der Waals surface area contributed by atoms with Gasteiger partial charge >= 0.3 is 5.97 Å². The average molecular weight is 436 g/mol. The number of aliphatic carboxylic acids is 1. The molecule has 0 bridgehead atoms. The molecule has 0 aliphatic rings. The van der Waals surface area contributed by atoms with Gasteiger partial charge in [0, 0.05) is 18.5 Å². The Morgan fingerprint density at radius 3 is 1.77 bits per heavy atom. The zero-order valence-corrected chi connectivity index (χ0v) is 19.9. The van der Waals surface area contributed by atoms with Crippen LogP contribution in [0.4, 0.5) is 0 Å². The van der Waals surface area contributed by atoms with Crippen molar-refractivity contribution in [3.8, 4) is 0 Å². The number of rotatable bonds is 21. The number of unbranched alkanes of at least 4 members (excludes halogenated alkanes) is 12. The fourth-order valence-corrected chi connectivity index (χ4v) is 3.47. The first-order chi connectivity index (χ1) is 15.0. The van der Waals surface area contributed by atoms with Gasteiger partial charge in [-0.2, -0.15) is 0 Å². The first kappa shape index (κ1) is 29.1. The number of ketones is 1. The Bertz CT molecular complexity index is 540.